The third-order valence-electron chi connectivity index (χ3n) is 10.7. The Morgan fingerprint density at radius 2 is 1.29 bits per heavy atom. The standard InChI is InChI=1S/C48H31N3O/c49-30-31-19-21-32(22-20-31)35-23-25-38-37-15-7-8-16-39(37)48(41(38)27-35)40-17-9-10-18-45(40)52-46-26-24-36(28-42(46)48)44-29-43(33-11-3-1-4-12-33)50-47(51-44)34-13-5-2-6-14-34/h1-11,13-29,33H,12H2. The normalized spacial score (nSPS) is 17.4. The largest absolute Gasteiger partial charge is 0.457 e. The number of allylic oxidation sites excluding steroid dienone is 4. The summed E-state index contributed by atoms with van der Waals surface area (Å²) in [5, 5.41) is 9.46. The van der Waals surface area contributed by atoms with Gasteiger partial charge >= 0.3 is 0 Å². The zero-order chi connectivity index (χ0) is 34.6. The topological polar surface area (TPSA) is 58.8 Å². The number of hydrogen-bond acceptors (Lipinski definition) is 4. The molecule has 3 aliphatic rings. The quantitative estimate of drug-likeness (QED) is 0.188. The van der Waals surface area contributed by atoms with Crippen LogP contribution in [0.2, 0.25) is 0 Å². The summed E-state index contributed by atoms with van der Waals surface area (Å²) in [6.45, 7) is 0. The van der Waals surface area contributed by atoms with Crippen LogP contribution in [0.15, 0.2) is 170 Å². The fourth-order valence-corrected chi connectivity index (χ4v) is 8.30. The van der Waals surface area contributed by atoms with Crippen LogP contribution in [-0.2, 0) is 5.41 Å². The van der Waals surface area contributed by atoms with Crippen molar-refractivity contribution in [3.8, 4) is 62.5 Å². The maximum atomic E-state index is 9.46. The van der Waals surface area contributed by atoms with Gasteiger partial charge in [0.15, 0.2) is 5.82 Å². The molecule has 6 aromatic carbocycles. The third-order valence-corrected chi connectivity index (χ3v) is 10.7. The fraction of sp³-hybridized carbons (Fsp3) is 0.0625. The smallest absolute Gasteiger partial charge is 0.160 e. The molecule has 0 radical (unpaired) electrons. The average Bonchev–Trinajstić information content (AvgIpc) is 3.51. The number of ether oxygens (including phenoxy) is 1. The number of aromatic nitrogens is 2. The van der Waals surface area contributed by atoms with Gasteiger partial charge < -0.3 is 4.74 Å². The molecule has 1 spiro atoms. The minimum atomic E-state index is -0.649. The number of benzene rings is 6. The monoisotopic (exact) mass is 665 g/mol. The molecule has 2 heterocycles. The van der Waals surface area contributed by atoms with Crippen LogP contribution >= 0.6 is 0 Å². The number of para-hydroxylation sites is 1. The molecule has 4 nitrogen and oxygen atoms in total. The van der Waals surface area contributed by atoms with E-state index in [1.807, 2.05) is 48.5 Å². The van der Waals surface area contributed by atoms with Gasteiger partial charge in [0.1, 0.15) is 11.5 Å². The summed E-state index contributed by atoms with van der Waals surface area (Å²) < 4.78 is 6.76. The maximum Gasteiger partial charge on any atom is 0.160 e. The van der Waals surface area contributed by atoms with E-state index < -0.39 is 5.41 Å². The Morgan fingerprint density at radius 1 is 0.577 bits per heavy atom. The molecule has 0 saturated carbocycles. The van der Waals surface area contributed by atoms with Crippen LogP contribution < -0.4 is 4.74 Å². The maximum absolute atomic E-state index is 9.46. The lowest BCUT2D eigenvalue weighted by Crippen LogP contribution is -2.32. The van der Waals surface area contributed by atoms with Gasteiger partial charge in [-0.3, -0.25) is 0 Å². The molecule has 2 atom stereocenters. The van der Waals surface area contributed by atoms with E-state index in [4.69, 9.17) is 14.7 Å². The Kier molecular flexibility index (Phi) is 6.87. The summed E-state index contributed by atoms with van der Waals surface area (Å²) >= 11 is 0. The molecule has 244 valence electrons. The Balaban J connectivity index is 1.23. The van der Waals surface area contributed by atoms with E-state index in [-0.39, 0.29) is 5.92 Å². The Hall–Kier alpha value is -6.83. The van der Waals surface area contributed by atoms with E-state index in [9.17, 15) is 5.26 Å². The average molecular weight is 666 g/mol. The van der Waals surface area contributed by atoms with E-state index in [2.05, 4.69) is 127 Å². The van der Waals surface area contributed by atoms with Crippen molar-refractivity contribution in [3.63, 3.8) is 0 Å². The first-order valence-electron chi connectivity index (χ1n) is 17.7. The molecule has 0 N–H and O–H groups in total. The number of fused-ring (bicyclic) bond motifs is 9. The lowest BCUT2D eigenvalue weighted by molar-refractivity contribution is 0.436. The fourth-order valence-electron chi connectivity index (χ4n) is 8.30. The zero-order valence-corrected chi connectivity index (χ0v) is 28.2. The van der Waals surface area contributed by atoms with Gasteiger partial charge in [-0.2, -0.15) is 5.26 Å². The highest BCUT2D eigenvalue weighted by Crippen LogP contribution is 2.62. The third kappa shape index (κ3) is 4.60. The molecule has 2 aliphatic carbocycles. The van der Waals surface area contributed by atoms with Gasteiger partial charge in [0.2, 0.25) is 0 Å². The Morgan fingerprint density at radius 3 is 2.12 bits per heavy atom. The van der Waals surface area contributed by atoms with Crippen molar-refractivity contribution in [1.29, 1.82) is 5.26 Å². The first-order valence-corrected chi connectivity index (χ1v) is 17.7. The second-order valence-corrected chi connectivity index (χ2v) is 13.6. The van der Waals surface area contributed by atoms with E-state index in [0.29, 0.717) is 11.4 Å². The zero-order valence-electron chi connectivity index (χ0n) is 28.2. The first-order chi connectivity index (χ1) is 25.7. The second-order valence-electron chi connectivity index (χ2n) is 13.6. The minimum absolute atomic E-state index is 0.169. The van der Waals surface area contributed by atoms with Gasteiger partial charge in [0.25, 0.3) is 0 Å². The van der Waals surface area contributed by atoms with Crippen molar-refractivity contribution >= 4 is 0 Å². The summed E-state index contributed by atoms with van der Waals surface area (Å²) in [6, 6.07) is 53.0. The van der Waals surface area contributed by atoms with Crippen molar-refractivity contribution in [2.45, 2.75) is 17.8 Å². The lowest BCUT2D eigenvalue weighted by atomic mass is 9.65. The number of rotatable bonds is 4. The van der Waals surface area contributed by atoms with Crippen LogP contribution in [0.25, 0.3) is 44.9 Å². The number of nitriles is 1. The predicted octanol–water partition coefficient (Wildman–Crippen LogP) is 11.4. The second kappa shape index (κ2) is 11.9. The van der Waals surface area contributed by atoms with Crippen molar-refractivity contribution in [2.75, 3.05) is 0 Å². The van der Waals surface area contributed by atoms with Crippen LogP contribution in [0.3, 0.4) is 0 Å². The van der Waals surface area contributed by atoms with Gasteiger partial charge in [-0.05, 0) is 88.3 Å². The van der Waals surface area contributed by atoms with E-state index >= 15 is 0 Å². The van der Waals surface area contributed by atoms with Gasteiger partial charge in [0.05, 0.1) is 28.4 Å². The molecule has 0 amide bonds. The van der Waals surface area contributed by atoms with Crippen LogP contribution in [0, 0.1) is 11.3 Å². The van der Waals surface area contributed by atoms with Crippen LogP contribution in [0.5, 0.6) is 11.5 Å². The SMILES string of the molecule is N#Cc1ccc(-c2ccc3c(c2)C2(c4ccccc4Oc4ccc(-c5cc(C6C=CC=CC6)nc(-c6ccccc6)n5)cc42)c2ccccc2-3)cc1. The van der Waals surface area contributed by atoms with Crippen LogP contribution in [0.1, 0.15) is 45.8 Å². The molecule has 52 heavy (non-hydrogen) atoms. The molecule has 2 unspecified atom stereocenters. The van der Waals surface area contributed by atoms with Gasteiger partial charge in [0, 0.05) is 28.2 Å². The molecule has 1 aliphatic heterocycles. The summed E-state index contributed by atoms with van der Waals surface area (Å²) in [5.41, 5.74) is 13.1. The summed E-state index contributed by atoms with van der Waals surface area (Å²) in [4.78, 5) is 10.3. The Labute approximate surface area is 302 Å². The molecule has 0 bridgehead atoms. The van der Waals surface area contributed by atoms with Gasteiger partial charge in [-0.15, -0.1) is 0 Å². The molecular formula is C48H31N3O. The summed E-state index contributed by atoms with van der Waals surface area (Å²) in [6.07, 6.45) is 9.53. The number of nitrogens with zero attached hydrogens (tertiary/aromatic N) is 3. The first kappa shape index (κ1) is 30.0. The van der Waals surface area contributed by atoms with Crippen molar-refractivity contribution in [1.82, 2.24) is 9.97 Å². The van der Waals surface area contributed by atoms with E-state index in [0.717, 1.165) is 62.7 Å². The molecule has 7 aromatic rings. The molecular weight excluding hydrogens is 635 g/mol. The Bertz CT molecular complexity index is 2650. The predicted molar refractivity (Wildman–Crippen MR) is 206 cm³/mol. The lowest BCUT2D eigenvalue weighted by Gasteiger charge is -2.39. The molecule has 1 aromatic heterocycles. The molecule has 0 saturated heterocycles. The van der Waals surface area contributed by atoms with Crippen molar-refractivity contribution < 1.29 is 4.74 Å². The van der Waals surface area contributed by atoms with Gasteiger partial charge in [-0.25, -0.2) is 9.97 Å². The molecule has 4 heteroatoms. The van der Waals surface area contributed by atoms with Gasteiger partial charge in [-0.1, -0.05) is 121 Å². The summed E-state index contributed by atoms with van der Waals surface area (Å²) in [7, 11) is 0. The highest BCUT2D eigenvalue weighted by molar-refractivity contribution is 5.91. The van der Waals surface area contributed by atoms with Crippen LogP contribution in [0.4, 0.5) is 0 Å². The van der Waals surface area contributed by atoms with Crippen LogP contribution in [-0.4, -0.2) is 9.97 Å². The minimum Gasteiger partial charge on any atom is -0.457 e. The van der Waals surface area contributed by atoms with Crippen molar-refractivity contribution in [2.24, 2.45) is 0 Å². The van der Waals surface area contributed by atoms with E-state index in [1.165, 1.54) is 22.3 Å². The summed E-state index contributed by atoms with van der Waals surface area (Å²) in [5.74, 6) is 2.56. The molecule has 0 fully saturated rings. The van der Waals surface area contributed by atoms with E-state index in [1.54, 1.807) is 0 Å². The highest BCUT2D eigenvalue weighted by Gasteiger charge is 2.51. The highest BCUT2D eigenvalue weighted by atomic mass is 16.5. The van der Waals surface area contributed by atoms with Crippen molar-refractivity contribution in [3.05, 3.63) is 203 Å². The number of hydrogen-bond donors (Lipinski definition) is 0. The molecule has 10 rings (SSSR count).